The first-order valence-electron chi connectivity index (χ1n) is 8.79. The zero-order valence-corrected chi connectivity index (χ0v) is 14.7. The normalized spacial score (nSPS) is 22.5. The number of alkyl carbamates (subject to hydrolysis) is 1. The topological polar surface area (TPSA) is 84.9 Å². The van der Waals surface area contributed by atoms with E-state index in [4.69, 9.17) is 9.47 Å². The standard InChI is InChI=1S/C17H28N2O5/c1-11(2)14(18-17(22)24-12-7-4-5-8-12)15(20)19-10-6-9-13(19)16(21)23-3/h11-14H,4-10H2,1-3H3,(H,18,22)/t13-,14-/m0/s1. The van der Waals surface area contributed by atoms with Crippen molar-refractivity contribution in [1.82, 2.24) is 10.2 Å². The van der Waals surface area contributed by atoms with Crippen LogP contribution in [0.1, 0.15) is 52.4 Å². The van der Waals surface area contributed by atoms with Crippen LogP contribution in [-0.4, -0.2) is 54.7 Å². The summed E-state index contributed by atoms with van der Waals surface area (Å²) in [5, 5.41) is 2.69. The summed E-state index contributed by atoms with van der Waals surface area (Å²) in [4.78, 5) is 38.3. The maximum atomic E-state index is 12.8. The molecule has 1 N–H and O–H groups in total. The van der Waals surface area contributed by atoms with Crippen LogP contribution in [0.5, 0.6) is 0 Å². The van der Waals surface area contributed by atoms with Crippen LogP contribution in [0.2, 0.25) is 0 Å². The highest BCUT2D eigenvalue weighted by atomic mass is 16.6. The number of nitrogens with zero attached hydrogens (tertiary/aromatic N) is 1. The fourth-order valence-corrected chi connectivity index (χ4v) is 3.42. The number of ether oxygens (including phenoxy) is 2. The third-order valence-corrected chi connectivity index (χ3v) is 4.79. The summed E-state index contributed by atoms with van der Waals surface area (Å²) in [5.74, 6) is -0.759. The van der Waals surface area contributed by atoms with Crippen molar-refractivity contribution in [3.05, 3.63) is 0 Å². The Labute approximate surface area is 143 Å². The third kappa shape index (κ3) is 4.39. The van der Waals surface area contributed by atoms with Gasteiger partial charge in [0.2, 0.25) is 5.91 Å². The summed E-state index contributed by atoms with van der Waals surface area (Å²) in [6.07, 6.45) is 4.64. The molecule has 7 nitrogen and oxygen atoms in total. The van der Waals surface area contributed by atoms with E-state index >= 15 is 0 Å². The van der Waals surface area contributed by atoms with Gasteiger partial charge in [0.15, 0.2) is 0 Å². The maximum Gasteiger partial charge on any atom is 0.408 e. The van der Waals surface area contributed by atoms with Gasteiger partial charge in [0.05, 0.1) is 7.11 Å². The fraction of sp³-hybridized carbons (Fsp3) is 0.824. The summed E-state index contributed by atoms with van der Waals surface area (Å²) in [6.45, 7) is 4.23. The predicted molar refractivity (Wildman–Crippen MR) is 87.2 cm³/mol. The molecule has 2 amide bonds. The molecule has 1 aliphatic carbocycles. The SMILES string of the molecule is COC(=O)[C@@H]1CCCN1C(=O)[C@@H](NC(=O)OC1CCCC1)C(C)C. The molecule has 0 aromatic rings. The molecule has 1 saturated carbocycles. The van der Waals surface area contributed by atoms with Gasteiger partial charge in [-0.3, -0.25) is 4.79 Å². The molecule has 2 fully saturated rings. The van der Waals surface area contributed by atoms with Crippen LogP contribution in [0.15, 0.2) is 0 Å². The van der Waals surface area contributed by atoms with Crippen molar-refractivity contribution in [2.24, 2.45) is 5.92 Å². The summed E-state index contributed by atoms with van der Waals surface area (Å²) >= 11 is 0. The van der Waals surface area contributed by atoms with E-state index < -0.39 is 24.1 Å². The second kappa shape index (κ2) is 8.35. The molecule has 136 valence electrons. The number of hydrogen-bond acceptors (Lipinski definition) is 5. The lowest BCUT2D eigenvalue weighted by Crippen LogP contribution is -2.54. The summed E-state index contributed by atoms with van der Waals surface area (Å²) in [7, 11) is 1.32. The van der Waals surface area contributed by atoms with Crippen LogP contribution < -0.4 is 5.32 Å². The van der Waals surface area contributed by atoms with Crippen LogP contribution >= 0.6 is 0 Å². The number of likely N-dealkylation sites (tertiary alicyclic amines) is 1. The van der Waals surface area contributed by atoms with E-state index in [1.165, 1.54) is 12.0 Å². The zero-order chi connectivity index (χ0) is 17.7. The Hall–Kier alpha value is -1.79. The van der Waals surface area contributed by atoms with Crippen molar-refractivity contribution in [3.8, 4) is 0 Å². The molecule has 2 aliphatic rings. The number of carbonyl (C=O) groups is 3. The van der Waals surface area contributed by atoms with Crippen molar-refractivity contribution < 1.29 is 23.9 Å². The first kappa shape index (κ1) is 18.5. The highest BCUT2D eigenvalue weighted by Crippen LogP contribution is 2.23. The van der Waals surface area contributed by atoms with Crippen LogP contribution in [0.25, 0.3) is 0 Å². The van der Waals surface area contributed by atoms with Gasteiger partial charge in [-0.1, -0.05) is 13.8 Å². The molecule has 1 heterocycles. The van der Waals surface area contributed by atoms with E-state index in [2.05, 4.69) is 5.32 Å². The van der Waals surface area contributed by atoms with Gasteiger partial charge in [-0.2, -0.15) is 0 Å². The van der Waals surface area contributed by atoms with E-state index in [-0.39, 0.29) is 17.9 Å². The van der Waals surface area contributed by atoms with Crippen molar-refractivity contribution in [2.45, 2.75) is 70.6 Å². The second-order valence-electron chi connectivity index (χ2n) is 6.89. The molecule has 1 aliphatic heterocycles. The Morgan fingerprint density at radius 2 is 1.75 bits per heavy atom. The van der Waals surface area contributed by atoms with E-state index in [0.717, 1.165) is 32.1 Å². The van der Waals surface area contributed by atoms with Crippen molar-refractivity contribution in [1.29, 1.82) is 0 Å². The second-order valence-corrected chi connectivity index (χ2v) is 6.89. The third-order valence-electron chi connectivity index (χ3n) is 4.79. The van der Waals surface area contributed by atoms with Gasteiger partial charge in [-0.05, 0) is 44.4 Å². The molecule has 0 radical (unpaired) electrons. The molecule has 1 saturated heterocycles. The van der Waals surface area contributed by atoms with Gasteiger partial charge in [-0.15, -0.1) is 0 Å². The van der Waals surface area contributed by atoms with E-state index in [1.807, 2.05) is 13.8 Å². The van der Waals surface area contributed by atoms with Gasteiger partial charge in [0, 0.05) is 6.54 Å². The van der Waals surface area contributed by atoms with Gasteiger partial charge in [0.25, 0.3) is 0 Å². The minimum atomic E-state index is -0.704. The maximum absolute atomic E-state index is 12.8. The fourth-order valence-electron chi connectivity index (χ4n) is 3.42. The van der Waals surface area contributed by atoms with Crippen molar-refractivity contribution in [2.75, 3.05) is 13.7 Å². The Kier molecular flexibility index (Phi) is 6.45. The smallest absolute Gasteiger partial charge is 0.408 e. The molecule has 0 unspecified atom stereocenters. The number of hydrogen-bond donors (Lipinski definition) is 1. The zero-order valence-electron chi connectivity index (χ0n) is 14.7. The number of amides is 2. The average Bonchev–Trinajstić information content (AvgIpc) is 3.22. The lowest BCUT2D eigenvalue weighted by molar-refractivity contribution is -0.152. The lowest BCUT2D eigenvalue weighted by Gasteiger charge is -2.29. The van der Waals surface area contributed by atoms with Crippen LogP contribution in [-0.2, 0) is 19.1 Å². The van der Waals surface area contributed by atoms with Gasteiger partial charge >= 0.3 is 12.1 Å². The highest BCUT2D eigenvalue weighted by molar-refractivity contribution is 5.90. The molecule has 0 spiro atoms. The van der Waals surface area contributed by atoms with Gasteiger partial charge < -0.3 is 19.7 Å². The first-order chi connectivity index (χ1) is 11.4. The molecular weight excluding hydrogens is 312 g/mol. The summed E-state index contributed by atoms with van der Waals surface area (Å²) < 4.78 is 10.2. The van der Waals surface area contributed by atoms with Crippen LogP contribution in [0.4, 0.5) is 4.79 Å². The first-order valence-corrected chi connectivity index (χ1v) is 8.79. The molecule has 7 heteroatoms. The summed E-state index contributed by atoms with van der Waals surface area (Å²) in [6, 6.07) is -1.26. The van der Waals surface area contributed by atoms with E-state index in [0.29, 0.717) is 13.0 Å². The minimum absolute atomic E-state index is 0.0532. The van der Waals surface area contributed by atoms with E-state index in [9.17, 15) is 14.4 Å². The summed E-state index contributed by atoms with van der Waals surface area (Å²) in [5.41, 5.74) is 0. The lowest BCUT2D eigenvalue weighted by atomic mass is 10.0. The Bertz CT molecular complexity index is 474. The Morgan fingerprint density at radius 1 is 1.08 bits per heavy atom. The predicted octanol–water partition coefficient (Wildman–Crippen LogP) is 1.84. The number of methoxy groups -OCH3 is 1. The Balaban J connectivity index is 1.99. The van der Waals surface area contributed by atoms with Crippen LogP contribution in [0, 0.1) is 5.92 Å². The molecule has 0 aromatic carbocycles. The highest BCUT2D eigenvalue weighted by Gasteiger charge is 2.39. The van der Waals surface area contributed by atoms with Crippen LogP contribution in [0.3, 0.4) is 0 Å². The van der Waals surface area contributed by atoms with Gasteiger partial charge in [-0.25, -0.2) is 9.59 Å². The Morgan fingerprint density at radius 3 is 2.33 bits per heavy atom. The molecule has 0 bridgehead atoms. The average molecular weight is 340 g/mol. The monoisotopic (exact) mass is 340 g/mol. The molecule has 24 heavy (non-hydrogen) atoms. The molecule has 2 atom stereocenters. The van der Waals surface area contributed by atoms with E-state index in [1.54, 1.807) is 0 Å². The van der Waals surface area contributed by atoms with Gasteiger partial charge in [0.1, 0.15) is 18.2 Å². The molecule has 2 rings (SSSR count). The number of rotatable bonds is 5. The quantitative estimate of drug-likeness (QED) is 0.772. The number of esters is 1. The number of nitrogens with one attached hydrogen (secondary N) is 1. The number of carbonyl (C=O) groups excluding carboxylic acids is 3. The minimum Gasteiger partial charge on any atom is -0.467 e. The molecule has 0 aromatic heterocycles. The molecular formula is C17H28N2O5. The van der Waals surface area contributed by atoms with Crippen molar-refractivity contribution >= 4 is 18.0 Å². The largest absolute Gasteiger partial charge is 0.467 e. The van der Waals surface area contributed by atoms with Crippen molar-refractivity contribution in [3.63, 3.8) is 0 Å².